The van der Waals surface area contributed by atoms with Gasteiger partial charge in [-0.3, -0.25) is 4.79 Å². The van der Waals surface area contributed by atoms with Crippen LogP contribution in [0.5, 0.6) is 0 Å². The number of hydrogen-bond acceptors (Lipinski definition) is 3. The van der Waals surface area contributed by atoms with E-state index >= 15 is 0 Å². The molecular formula is C21H27FN2O3. The number of hydrogen-bond donors (Lipinski definition) is 1. The second-order valence-electron chi connectivity index (χ2n) is 7.33. The topological polar surface area (TPSA) is 62.5 Å². The van der Waals surface area contributed by atoms with Gasteiger partial charge in [-0.2, -0.15) is 0 Å². The number of rotatable bonds is 9. The largest absolute Gasteiger partial charge is 0.477 e. The van der Waals surface area contributed by atoms with E-state index in [1.54, 1.807) is 6.07 Å². The second-order valence-corrected chi connectivity index (χ2v) is 7.33. The van der Waals surface area contributed by atoms with Gasteiger partial charge in [-0.1, -0.05) is 26.7 Å². The maximum Gasteiger partial charge on any atom is 0.341 e. The van der Waals surface area contributed by atoms with E-state index in [2.05, 4.69) is 18.7 Å². The van der Waals surface area contributed by atoms with Crippen molar-refractivity contribution < 1.29 is 14.3 Å². The summed E-state index contributed by atoms with van der Waals surface area (Å²) in [6, 6.07) is 3.15. The van der Waals surface area contributed by atoms with E-state index in [0.29, 0.717) is 11.2 Å². The zero-order chi connectivity index (χ0) is 19.6. The minimum Gasteiger partial charge on any atom is -0.477 e. The van der Waals surface area contributed by atoms with Gasteiger partial charge in [0.1, 0.15) is 11.4 Å². The van der Waals surface area contributed by atoms with Crippen LogP contribution in [0.25, 0.3) is 10.9 Å². The molecule has 1 aliphatic carbocycles. The van der Waals surface area contributed by atoms with E-state index in [0.717, 1.165) is 51.6 Å². The molecule has 0 amide bonds. The quantitative estimate of drug-likeness (QED) is 0.698. The van der Waals surface area contributed by atoms with Crippen LogP contribution in [0.3, 0.4) is 0 Å². The zero-order valence-electron chi connectivity index (χ0n) is 16.0. The van der Waals surface area contributed by atoms with E-state index in [-0.39, 0.29) is 17.0 Å². The fourth-order valence-corrected chi connectivity index (χ4v) is 3.46. The predicted octanol–water partition coefficient (Wildman–Crippen LogP) is 4.58. The van der Waals surface area contributed by atoms with Crippen LogP contribution < -0.4 is 10.3 Å². The Bertz CT molecular complexity index is 894. The number of nitrogens with zero attached hydrogens (tertiary/aromatic N) is 2. The number of carboxylic acid groups (broad SMARTS) is 1. The molecule has 1 fully saturated rings. The Hall–Kier alpha value is -2.37. The van der Waals surface area contributed by atoms with Crippen molar-refractivity contribution >= 4 is 22.6 Å². The Kier molecular flexibility index (Phi) is 5.82. The average Bonchev–Trinajstić information content (AvgIpc) is 3.47. The molecule has 27 heavy (non-hydrogen) atoms. The van der Waals surface area contributed by atoms with Crippen LogP contribution in [0.15, 0.2) is 23.1 Å². The molecule has 1 heterocycles. The lowest BCUT2D eigenvalue weighted by Crippen LogP contribution is -2.27. The summed E-state index contributed by atoms with van der Waals surface area (Å²) in [7, 11) is 0. The minimum atomic E-state index is -1.27. The SMILES string of the molecule is CCCCN(CCCC)c1cc2c(cc1F)c(=O)c(C(=O)O)cn2C1CC1. The zero-order valence-corrected chi connectivity index (χ0v) is 16.0. The molecule has 0 spiro atoms. The van der Waals surface area contributed by atoms with Gasteiger partial charge in [0.25, 0.3) is 0 Å². The standard InChI is InChI=1S/C21H27FN2O3/c1-3-5-9-23(10-6-4-2)19-12-18-15(11-17(19)22)20(25)16(21(26)27)13-24(18)14-7-8-14/h11-14H,3-10H2,1-2H3,(H,26,27). The predicted molar refractivity (Wildman–Crippen MR) is 105 cm³/mol. The molecule has 5 nitrogen and oxygen atoms in total. The molecule has 2 aromatic rings. The highest BCUT2D eigenvalue weighted by Gasteiger charge is 2.27. The number of carboxylic acids is 1. The van der Waals surface area contributed by atoms with Gasteiger partial charge in [0.05, 0.1) is 11.2 Å². The number of anilines is 1. The highest BCUT2D eigenvalue weighted by molar-refractivity contribution is 5.93. The van der Waals surface area contributed by atoms with Crippen LogP contribution >= 0.6 is 0 Å². The van der Waals surface area contributed by atoms with Crippen LogP contribution in [0.2, 0.25) is 0 Å². The number of benzene rings is 1. The Labute approximate surface area is 158 Å². The van der Waals surface area contributed by atoms with Crippen molar-refractivity contribution in [1.29, 1.82) is 0 Å². The first kappa shape index (κ1) is 19.4. The van der Waals surface area contributed by atoms with Crippen molar-refractivity contribution in [2.24, 2.45) is 0 Å². The van der Waals surface area contributed by atoms with Gasteiger partial charge >= 0.3 is 5.97 Å². The van der Waals surface area contributed by atoms with Crippen LogP contribution in [0.4, 0.5) is 10.1 Å². The Balaban J connectivity index is 2.16. The Morgan fingerprint density at radius 1 is 1.22 bits per heavy atom. The summed E-state index contributed by atoms with van der Waals surface area (Å²) in [6.07, 6.45) is 7.29. The molecule has 1 aromatic carbocycles. The fraction of sp³-hybridized carbons (Fsp3) is 0.524. The summed E-state index contributed by atoms with van der Waals surface area (Å²) in [5.74, 6) is -1.73. The summed E-state index contributed by atoms with van der Waals surface area (Å²) < 4.78 is 16.8. The lowest BCUT2D eigenvalue weighted by molar-refractivity contribution is 0.0695. The number of fused-ring (bicyclic) bond motifs is 1. The molecule has 0 atom stereocenters. The highest BCUT2D eigenvalue weighted by atomic mass is 19.1. The van der Waals surface area contributed by atoms with E-state index < -0.39 is 17.2 Å². The third-order valence-corrected chi connectivity index (χ3v) is 5.18. The van der Waals surface area contributed by atoms with Gasteiger partial charge in [0, 0.05) is 30.7 Å². The van der Waals surface area contributed by atoms with Crippen molar-refractivity contribution in [1.82, 2.24) is 4.57 Å². The molecule has 3 rings (SSSR count). The smallest absolute Gasteiger partial charge is 0.341 e. The molecule has 0 saturated heterocycles. The van der Waals surface area contributed by atoms with Crippen molar-refractivity contribution in [3.05, 3.63) is 39.9 Å². The lowest BCUT2D eigenvalue weighted by Gasteiger charge is -2.26. The van der Waals surface area contributed by atoms with Gasteiger partial charge in [-0.15, -0.1) is 0 Å². The normalized spacial score (nSPS) is 13.9. The Morgan fingerprint density at radius 3 is 2.37 bits per heavy atom. The fourth-order valence-electron chi connectivity index (χ4n) is 3.46. The molecule has 0 aliphatic heterocycles. The number of pyridine rings is 1. The number of aromatic carboxylic acids is 1. The maximum atomic E-state index is 14.9. The van der Waals surface area contributed by atoms with Crippen molar-refractivity contribution in [3.63, 3.8) is 0 Å². The van der Waals surface area contributed by atoms with Gasteiger partial charge in [-0.25, -0.2) is 9.18 Å². The number of carbonyl (C=O) groups is 1. The van der Waals surface area contributed by atoms with Crippen LogP contribution in [0.1, 0.15) is 68.8 Å². The van der Waals surface area contributed by atoms with E-state index in [1.165, 1.54) is 12.3 Å². The molecular weight excluding hydrogens is 347 g/mol. The maximum absolute atomic E-state index is 14.9. The molecule has 1 saturated carbocycles. The molecule has 0 unspecified atom stereocenters. The number of halogens is 1. The molecule has 1 N–H and O–H groups in total. The van der Waals surface area contributed by atoms with E-state index in [1.807, 2.05) is 4.57 Å². The first-order valence-electron chi connectivity index (χ1n) is 9.84. The van der Waals surface area contributed by atoms with Crippen molar-refractivity contribution in [2.75, 3.05) is 18.0 Å². The lowest BCUT2D eigenvalue weighted by atomic mass is 10.1. The average molecular weight is 374 g/mol. The molecule has 0 radical (unpaired) electrons. The number of unbranched alkanes of at least 4 members (excludes halogenated alkanes) is 2. The molecule has 6 heteroatoms. The third kappa shape index (κ3) is 3.99. The second kappa shape index (κ2) is 8.11. The third-order valence-electron chi connectivity index (χ3n) is 5.18. The van der Waals surface area contributed by atoms with Crippen molar-refractivity contribution in [2.45, 2.75) is 58.4 Å². The van der Waals surface area contributed by atoms with E-state index in [4.69, 9.17) is 0 Å². The summed E-state index contributed by atoms with van der Waals surface area (Å²) in [5, 5.41) is 9.49. The summed E-state index contributed by atoms with van der Waals surface area (Å²) in [4.78, 5) is 26.1. The van der Waals surface area contributed by atoms with Crippen LogP contribution in [-0.2, 0) is 0 Å². The summed E-state index contributed by atoms with van der Waals surface area (Å²) in [5.41, 5.74) is 0.215. The number of aromatic nitrogens is 1. The Morgan fingerprint density at radius 2 is 1.85 bits per heavy atom. The first-order chi connectivity index (χ1) is 13.0. The molecule has 146 valence electrons. The first-order valence-corrected chi connectivity index (χ1v) is 9.84. The van der Waals surface area contributed by atoms with Crippen LogP contribution in [0, 0.1) is 5.82 Å². The summed E-state index contributed by atoms with van der Waals surface area (Å²) in [6.45, 7) is 5.74. The minimum absolute atomic E-state index is 0.147. The van der Waals surface area contributed by atoms with Gasteiger partial charge in [0.15, 0.2) is 0 Å². The van der Waals surface area contributed by atoms with E-state index in [9.17, 15) is 19.1 Å². The molecule has 1 aromatic heterocycles. The molecule has 1 aliphatic rings. The van der Waals surface area contributed by atoms with Gasteiger partial charge in [0.2, 0.25) is 5.43 Å². The van der Waals surface area contributed by atoms with Gasteiger partial charge < -0.3 is 14.6 Å². The van der Waals surface area contributed by atoms with Crippen molar-refractivity contribution in [3.8, 4) is 0 Å². The molecule has 0 bridgehead atoms. The summed E-state index contributed by atoms with van der Waals surface area (Å²) >= 11 is 0. The van der Waals surface area contributed by atoms with Gasteiger partial charge in [-0.05, 0) is 37.8 Å². The van der Waals surface area contributed by atoms with Crippen LogP contribution in [-0.4, -0.2) is 28.7 Å². The highest BCUT2D eigenvalue weighted by Crippen LogP contribution is 2.38. The monoisotopic (exact) mass is 374 g/mol.